The topological polar surface area (TPSA) is 104 Å². The number of amides is 3. The van der Waals surface area contributed by atoms with Gasteiger partial charge in [-0.15, -0.1) is 0 Å². The number of carbonyl (C=O) groups is 2. The Hall–Kier alpha value is -2.09. The fourth-order valence-corrected chi connectivity index (χ4v) is 4.17. The van der Waals surface area contributed by atoms with Crippen molar-refractivity contribution >= 4 is 22.0 Å². The molecule has 0 saturated heterocycles. The van der Waals surface area contributed by atoms with Crippen molar-refractivity contribution < 1.29 is 18.0 Å². The van der Waals surface area contributed by atoms with Crippen molar-refractivity contribution in [1.29, 1.82) is 0 Å². The summed E-state index contributed by atoms with van der Waals surface area (Å²) in [5.41, 5.74) is 0.550. The van der Waals surface area contributed by atoms with Crippen LogP contribution < -0.4 is 15.4 Å². The molecule has 3 amide bonds. The standard InChI is InChI=1S/C17H25N3O4S/c1-13(21)18-12-11-14-7-5-6-10-16(14)25(23,24)20-17(22)19-15-8-3-2-4-9-15/h5-7,10,15H,2-4,8-9,11-12H2,1H3,(H,18,21)(H2,19,20,22). The molecule has 1 aliphatic carbocycles. The van der Waals surface area contributed by atoms with Gasteiger partial charge in [0.25, 0.3) is 10.0 Å². The van der Waals surface area contributed by atoms with Crippen LogP contribution in [0.1, 0.15) is 44.6 Å². The summed E-state index contributed by atoms with van der Waals surface area (Å²) >= 11 is 0. The molecule has 0 bridgehead atoms. The SMILES string of the molecule is CC(=O)NCCc1ccccc1S(=O)(=O)NC(=O)NC1CCCCC1. The molecule has 0 spiro atoms. The molecule has 1 aromatic rings. The predicted octanol–water partition coefficient (Wildman–Crippen LogP) is 1.69. The van der Waals surface area contributed by atoms with Crippen LogP contribution in [-0.2, 0) is 21.2 Å². The maximum atomic E-state index is 12.5. The van der Waals surface area contributed by atoms with E-state index >= 15 is 0 Å². The second kappa shape index (κ2) is 8.84. The van der Waals surface area contributed by atoms with E-state index in [1.54, 1.807) is 18.2 Å². The minimum Gasteiger partial charge on any atom is -0.356 e. The van der Waals surface area contributed by atoms with Crippen LogP contribution in [0.15, 0.2) is 29.2 Å². The van der Waals surface area contributed by atoms with Crippen LogP contribution in [0.4, 0.5) is 4.79 Å². The molecule has 3 N–H and O–H groups in total. The van der Waals surface area contributed by atoms with Gasteiger partial charge in [0.2, 0.25) is 5.91 Å². The number of urea groups is 1. The van der Waals surface area contributed by atoms with Crippen LogP contribution >= 0.6 is 0 Å². The average Bonchev–Trinajstić information content (AvgIpc) is 2.55. The lowest BCUT2D eigenvalue weighted by molar-refractivity contribution is -0.118. The van der Waals surface area contributed by atoms with Crippen molar-refractivity contribution in [2.24, 2.45) is 0 Å². The van der Waals surface area contributed by atoms with E-state index in [0.29, 0.717) is 18.5 Å². The first-order valence-electron chi connectivity index (χ1n) is 8.54. The number of hydrogen-bond donors (Lipinski definition) is 3. The normalized spacial score (nSPS) is 15.4. The van der Waals surface area contributed by atoms with Gasteiger partial charge in [0.15, 0.2) is 0 Å². The minimum atomic E-state index is -3.97. The molecule has 1 fully saturated rings. The molecule has 0 radical (unpaired) electrons. The zero-order valence-corrected chi connectivity index (χ0v) is 15.2. The average molecular weight is 367 g/mol. The first-order chi connectivity index (χ1) is 11.9. The number of rotatable bonds is 6. The van der Waals surface area contributed by atoms with Crippen molar-refractivity contribution in [3.63, 3.8) is 0 Å². The molecular weight excluding hydrogens is 342 g/mol. The van der Waals surface area contributed by atoms with Crippen molar-refractivity contribution in [3.8, 4) is 0 Å². The molecule has 25 heavy (non-hydrogen) atoms. The molecule has 2 rings (SSSR count). The fraction of sp³-hybridized carbons (Fsp3) is 0.529. The number of benzene rings is 1. The van der Waals surface area contributed by atoms with E-state index in [1.165, 1.54) is 13.0 Å². The van der Waals surface area contributed by atoms with E-state index in [-0.39, 0.29) is 16.8 Å². The van der Waals surface area contributed by atoms with Gasteiger partial charge in [0.1, 0.15) is 0 Å². The molecule has 0 unspecified atom stereocenters. The Morgan fingerprint density at radius 3 is 2.48 bits per heavy atom. The van der Waals surface area contributed by atoms with Crippen molar-refractivity contribution in [2.75, 3.05) is 6.54 Å². The molecule has 0 aliphatic heterocycles. The monoisotopic (exact) mass is 367 g/mol. The number of hydrogen-bond acceptors (Lipinski definition) is 4. The largest absolute Gasteiger partial charge is 0.356 e. The smallest absolute Gasteiger partial charge is 0.328 e. The van der Waals surface area contributed by atoms with Gasteiger partial charge >= 0.3 is 6.03 Å². The highest BCUT2D eigenvalue weighted by Gasteiger charge is 2.23. The first kappa shape index (κ1) is 19.2. The molecule has 0 aromatic heterocycles. The van der Waals surface area contributed by atoms with Crippen molar-refractivity contribution in [3.05, 3.63) is 29.8 Å². The van der Waals surface area contributed by atoms with Crippen LogP contribution in [0, 0.1) is 0 Å². The maximum absolute atomic E-state index is 12.5. The highest BCUT2D eigenvalue weighted by atomic mass is 32.2. The van der Waals surface area contributed by atoms with E-state index in [1.807, 2.05) is 0 Å². The zero-order valence-electron chi connectivity index (χ0n) is 14.4. The predicted molar refractivity (Wildman–Crippen MR) is 94.6 cm³/mol. The zero-order chi connectivity index (χ0) is 18.3. The van der Waals surface area contributed by atoms with Gasteiger partial charge in [0, 0.05) is 19.5 Å². The van der Waals surface area contributed by atoms with E-state index < -0.39 is 16.1 Å². The van der Waals surface area contributed by atoms with Gasteiger partial charge in [0.05, 0.1) is 4.90 Å². The molecule has 1 aliphatic rings. The van der Waals surface area contributed by atoms with Crippen LogP contribution in [-0.4, -0.2) is 32.9 Å². The Bertz CT molecular complexity index is 712. The van der Waals surface area contributed by atoms with Gasteiger partial charge in [-0.1, -0.05) is 37.5 Å². The van der Waals surface area contributed by atoms with Crippen LogP contribution in [0.5, 0.6) is 0 Å². The number of nitrogens with one attached hydrogen (secondary N) is 3. The van der Waals surface area contributed by atoms with E-state index in [9.17, 15) is 18.0 Å². The van der Waals surface area contributed by atoms with Crippen LogP contribution in [0.25, 0.3) is 0 Å². The van der Waals surface area contributed by atoms with Crippen LogP contribution in [0.3, 0.4) is 0 Å². The Kier molecular flexibility index (Phi) is 6.81. The summed E-state index contributed by atoms with van der Waals surface area (Å²) in [7, 11) is -3.97. The Morgan fingerprint density at radius 1 is 1.12 bits per heavy atom. The third kappa shape index (κ3) is 6.04. The van der Waals surface area contributed by atoms with E-state index in [4.69, 9.17) is 0 Å². The first-order valence-corrected chi connectivity index (χ1v) is 10.0. The fourth-order valence-electron chi connectivity index (χ4n) is 2.98. The highest BCUT2D eigenvalue weighted by molar-refractivity contribution is 7.90. The molecule has 138 valence electrons. The Morgan fingerprint density at radius 2 is 1.80 bits per heavy atom. The second-order valence-corrected chi connectivity index (χ2v) is 7.91. The maximum Gasteiger partial charge on any atom is 0.328 e. The van der Waals surface area contributed by atoms with Gasteiger partial charge in [-0.3, -0.25) is 4.79 Å². The van der Waals surface area contributed by atoms with Crippen molar-refractivity contribution in [1.82, 2.24) is 15.4 Å². The van der Waals surface area contributed by atoms with Gasteiger partial charge in [-0.25, -0.2) is 17.9 Å². The lowest BCUT2D eigenvalue weighted by atomic mass is 9.96. The van der Waals surface area contributed by atoms with Crippen molar-refractivity contribution in [2.45, 2.75) is 56.4 Å². The third-order valence-electron chi connectivity index (χ3n) is 4.20. The minimum absolute atomic E-state index is 0.0268. The molecule has 8 heteroatoms. The number of sulfonamides is 1. The molecule has 0 atom stereocenters. The summed E-state index contributed by atoms with van der Waals surface area (Å²) in [6.07, 6.45) is 5.36. The van der Waals surface area contributed by atoms with E-state index in [2.05, 4.69) is 15.4 Å². The number of carbonyl (C=O) groups excluding carboxylic acids is 2. The van der Waals surface area contributed by atoms with E-state index in [0.717, 1.165) is 32.1 Å². The molecule has 1 saturated carbocycles. The van der Waals surface area contributed by atoms with Gasteiger partial charge in [-0.05, 0) is 30.9 Å². The van der Waals surface area contributed by atoms with Crippen LogP contribution in [0.2, 0.25) is 0 Å². The summed E-state index contributed by atoms with van der Waals surface area (Å²) < 4.78 is 27.2. The summed E-state index contributed by atoms with van der Waals surface area (Å²) in [5, 5.41) is 5.37. The second-order valence-electron chi connectivity index (χ2n) is 6.25. The summed E-state index contributed by atoms with van der Waals surface area (Å²) in [4.78, 5) is 23.1. The Labute approximate surface area is 148 Å². The summed E-state index contributed by atoms with van der Waals surface area (Å²) in [6.45, 7) is 1.73. The summed E-state index contributed by atoms with van der Waals surface area (Å²) in [5.74, 6) is -0.176. The molecular formula is C17H25N3O4S. The lowest BCUT2D eigenvalue weighted by Crippen LogP contribution is -2.45. The molecule has 7 nitrogen and oxygen atoms in total. The molecule has 0 heterocycles. The molecule has 1 aromatic carbocycles. The third-order valence-corrected chi connectivity index (χ3v) is 5.63. The quantitative estimate of drug-likeness (QED) is 0.711. The van der Waals surface area contributed by atoms with Gasteiger partial charge in [-0.2, -0.15) is 0 Å². The summed E-state index contributed by atoms with van der Waals surface area (Å²) in [6, 6.07) is 5.80. The Balaban J connectivity index is 2.02. The highest BCUT2D eigenvalue weighted by Crippen LogP contribution is 2.18. The van der Waals surface area contributed by atoms with Gasteiger partial charge < -0.3 is 10.6 Å². The lowest BCUT2D eigenvalue weighted by Gasteiger charge is -2.23.